The number of nitrogens with zero attached hydrogens (tertiary/aromatic N) is 2. The van der Waals surface area contributed by atoms with E-state index in [1.54, 1.807) is 0 Å². The number of aromatic nitrogens is 2. The molecule has 9 aromatic carbocycles. The molecule has 2 nitrogen and oxygen atoms in total. The van der Waals surface area contributed by atoms with Gasteiger partial charge in [0.25, 0.3) is 0 Å². The van der Waals surface area contributed by atoms with Crippen molar-refractivity contribution in [2.24, 2.45) is 0 Å². The number of para-hydroxylation sites is 1. The summed E-state index contributed by atoms with van der Waals surface area (Å²) in [6.07, 6.45) is 0. The first-order valence-electron chi connectivity index (χ1n) is 20.2. The fourth-order valence-electron chi connectivity index (χ4n) is 11.2. The van der Waals surface area contributed by atoms with Crippen LogP contribution in [0.4, 0.5) is 0 Å². The summed E-state index contributed by atoms with van der Waals surface area (Å²) in [6.45, 7) is 0. The number of benzene rings is 9. The Hall–Kier alpha value is -7.42. The van der Waals surface area contributed by atoms with Crippen LogP contribution in [0.5, 0.6) is 0 Å². The molecule has 2 heteroatoms. The maximum atomic E-state index is 5.61. The predicted molar refractivity (Wildman–Crippen MR) is 236 cm³/mol. The molecule has 10 aromatic rings. The van der Waals surface area contributed by atoms with E-state index in [1.165, 1.54) is 77.5 Å². The van der Waals surface area contributed by atoms with Crippen LogP contribution in [0, 0.1) is 0 Å². The zero-order valence-electron chi connectivity index (χ0n) is 31.5. The average Bonchev–Trinajstić information content (AvgIpc) is 3.77. The lowest BCUT2D eigenvalue weighted by molar-refractivity contribution is 0.636. The van der Waals surface area contributed by atoms with Crippen LogP contribution < -0.4 is 0 Å². The summed E-state index contributed by atoms with van der Waals surface area (Å²) < 4.78 is 0. The first-order chi connectivity index (χ1) is 28.8. The van der Waals surface area contributed by atoms with Crippen molar-refractivity contribution in [1.29, 1.82) is 0 Å². The molecule has 0 amide bonds. The third-order valence-electron chi connectivity index (χ3n) is 13.3. The molecule has 3 aliphatic carbocycles. The lowest BCUT2D eigenvalue weighted by Crippen LogP contribution is -2.43. The minimum Gasteiger partial charge on any atom is -0.228 e. The molecule has 58 heavy (non-hydrogen) atoms. The topological polar surface area (TPSA) is 25.8 Å². The van der Waals surface area contributed by atoms with Gasteiger partial charge in [-0.15, -0.1) is 0 Å². The van der Waals surface area contributed by atoms with Crippen molar-refractivity contribution >= 4 is 21.7 Å². The highest BCUT2D eigenvalue weighted by atomic mass is 14.9. The van der Waals surface area contributed by atoms with Crippen molar-refractivity contribution in [3.8, 4) is 44.9 Å². The minimum atomic E-state index is -0.650. The molecular weight excluding hydrogens is 701 g/mol. The largest absolute Gasteiger partial charge is 0.228 e. The maximum absolute atomic E-state index is 5.61. The van der Waals surface area contributed by atoms with Gasteiger partial charge in [0.1, 0.15) is 0 Å². The SMILES string of the molecule is c1ccc(C23c4ccccc4-c4cccc(c42)C2(c4ccccc4-c4cccc(-c5nc(-c6ccc7ccccc7c6)c6ccccc6n5)c42)c2ccccc23)cc1. The van der Waals surface area contributed by atoms with Crippen molar-refractivity contribution in [1.82, 2.24) is 9.97 Å². The molecule has 3 aliphatic rings. The van der Waals surface area contributed by atoms with Crippen molar-refractivity contribution in [3.05, 3.63) is 251 Å². The summed E-state index contributed by atoms with van der Waals surface area (Å²) in [5.41, 5.74) is 18.4. The Kier molecular flexibility index (Phi) is 6.33. The molecule has 1 heterocycles. The normalized spacial score (nSPS) is 17.8. The van der Waals surface area contributed by atoms with Crippen molar-refractivity contribution < 1.29 is 0 Å². The van der Waals surface area contributed by atoms with E-state index < -0.39 is 10.8 Å². The molecule has 2 atom stereocenters. The van der Waals surface area contributed by atoms with E-state index in [4.69, 9.17) is 9.97 Å². The van der Waals surface area contributed by atoms with Gasteiger partial charge in [-0.05, 0) is 89.7 Å². The Morgan fingerprint density at radius 2 is 0.879 bits per heavy atom. The summed E-state index contributed by atoms with van der Waals surface area (Å²) in [7, 11) is 0. The molecule has 1 spiro atoms. The summed E-state index contributed by atoms with van der Waals surface area (Å²) in [5, 5.41) is 3.45. The van der Waals surface area contributed by atoms with Gasteiger partial charge in [-0.1, -0.05) is 194 Å². The van der Waals surface area contributed by atoms with Gasteiger partial charge in [0.2, 0.25) is 0 Å². The second-order valence-corrected chi connectivity index (χ2v) is 15.9. The van der Waals surface area contributed by atoms with Crippen LogP contribution in [0.2, 0.25) is 0 Å². The minimum absolute atomic E-state index is 0.499. The molecule has 0 N–H and O–H groups in total. The quantitative estimate of drug-likeness (QED) is 0.181. The van der Waals surface area contributed by atoms with E-state index in [-0.39, 0.29) is 0 Å². The van der Waals surface area contributed by atoms with Crippen LogP contribution in [0.15, 0.2) is 206 Å². The van der Waals surface area contributed by atoms with E-state index >= 15 is 0 Å². The van der Waals surface area contributed by atoms with Crippen LogP contribution in [0.1, 0.15) is 44.5 Å². The molecule has 0 bridgehead atoms. The van der Waals surface area contributed by atoms with Gasteiger partial charge in [0.15, 0.2) is 5.82 Å². The highest BCUT2D eigenvalue weighted by Gasteiger charge is 2.60. The molecule has 0 saturated carbocycles. The maximum Gasteiger partial charge on any atom is 0.160 e. The molecule has 0 fully saturated rings. The van der Waals surface area contributed by atoms with Crippen molar-refractivity contribution in [2.75, 3.05) is 0 Å². The zero-order chi connectivity index (χ0) is 38.0. The summed E-state index contributed by atoms with van der Waals surface area (Å²) >= 11 is 0. The van der Waals surface area contributed by atoms with E-state index in [0.29, 0.717) is 0 Å². The summed E-state index contributed by atoms with van der Waals surface area (Å²) in [4.78, 5) is 11.1. The molecule has 0 radical (unpaired) electrons. The fourth-order valence-corrected chi connectivity index (χ4v) is 11.2. The van der Waals surface area contributed by atoms with Gasteiger partial charge < -0.3 is 0 Å². The third kappa shape index (κ3) is 3.87. The van der Waals surface area contributed by atoms with Crippen LogP contribution in [0.3, 0.4) is 0 Å². The molecule has 0 saturated heterocycles. The Morgan fingerprint density at radius 1 is 0.328 bits per heavy atom. The van der Waals surface area contributed by atoms with Crippen LogP contribution in [-0.4, -0.2) is 9.97 Å². The van der Waals surface area contributed by atoms with E-state index in [1.807, 2.05) is 0 Å². The number of hydrogen-bond acceptors (Lipinski definition) is 2. The van der Waals surface area contributed by atoms with E-state index in [2.05, 4.69) is 206 Å². The monoisotopic (exact) mass is 734 g/mol. The lowest BCUT2D eigenvalue weighted by Gasteiger charge is -2.48. The van der Waals surface area contributed by atoms with E-state index in [0.717, 1.165) is 33.5 Å². The van der Waals surface area contributed by atoms with Crippen LogP contribution >= 0.6 is 0 Å². The number of hydrogen-bond donors (Lipinski definition) is 0. The lowest BCUT2D eigenvalue weighted by atomic mass is 9.52. The second-order valence-electron chi connectivity index (χ2n) is 15.9. The first-order valence-corrected chi connectivity index (χ1v) is 20.2. The van der Waals surface area contributed by atoms with E-state index in [9.17, 15) is 0 Å². The average molecular weight is 735 g/mol. The molecule has 1 aromatic heterocycles. The van der Waals surface area contributed by atoms with Gasteiger partial charge >= 0.3 is 0 Å². The Bertz CT molecular complexity index is 3360. The van der Waals surface area contributed by atoms with Crippen molar-refractivity contribution in [3.63, 3.8) is 0 Å². The molecule has 0 aliphatic heterocycles. The third-order valence-corrected chi connectivity index (χ3v) is 13.3. The molecule has 2 unspecified atom stereocenters. The van der Waals surface area contributed by atoms with Crippen molar-refractivity contribution in [2.45, 2.75) is 10.8 Å². The Labute approximate surface area is 336 Å². The molecular formula is C56H34N2. The summed E-state index contributed by atoms with van der Waals surface area (Å²) in [6, 6.07) is 76.2. The smallest absolute Gasteiger partial charge is 0.160 e. The highest BCUT2D eigenvalue weighted by Crippen LogP contribution is 2.69. The highest BCUT2D eigenvalue weighted by molar-refractivity contribution is 6.00. The Morgan fingerprint density at radius 3 is 1.67 bits per heavy atom. The van der Waals surface area contributed by atoms with Gasteiger partial charge in [-0.25, -0.2) is 9.97 Å². The predicted octanol–water partition coefficient (Wildman–Crippen LogP) is 13.2. The van der Waals surface area contributed by atoms with Crippen LogP contribution in [-0.2, 0) is 10.8 Å². The first kappa shape index (κ1) is 31.7. The Balaban J connectivity index is 1.18. The number of fused-ring (bicyclic) bond motifs is 14. The number of rotatable bonds is 3. The van der Waals surface area contributed by atoms with Gasteiger partial charge in [0, 0.05) is 16.5 Å². The fraction of sp³-hybridized carbons (Fsp3) is 0.0357. The van der Waals surface area contributed by atoms with Crippen LogP contribution in [0.25, 0.3) is 66.6 Å². The van der Waals surface area contributed by atoms with Gasteiger partial charge in [-0.2, -0.15) is 0 Å². The summed E-state index contributed by atoms with van der Waals surface area (Å²) in [5.74, 6) is 0.735. The second kappa shape index (κ2) is 11.6. The molecule has 268 valence electrons. The zero-order valence-corrected chi connectivity index (χ0v) is 31.5. The standard InChI is InChI=1S/C56H34N2/c1-2-18-38(19-3-1)55-45-26-9-6-21-40(45)42-24-15-30-49(52(42)55)56(48-29-12-11-28-47(48)55)46-27-10-7-20-39(46)41-23-14-25-44(51(41)56)54-57-50-31-13-8-22-43(50)53(58-54)37-33-32-35-16-4-5-17-36(35)34-37/h1-34H. The molecule has 13 rings (SSSR count). The van der Waals surface area contributed by atoms with Gasteiger partial charge in [0.05, 0.1) is 22.0 Å². The van der Waals surface area contributed by atoms with Gasteiger partial charge in [-0.3, -0.25) is 0 Å².